The number of carbonyl (C=O) groups excluding carboxylic acids is 2. The molecule has 1 atom stereocenters. The summed E-state index contributed by atoms with van der Waals surface area (Å²) >= 11 is 0. The van der Waals surface area contributed by atoms with Crippen LogP contribution >= 0.6 is 0 Å². The Morgan fingerprint density at radius 3 is 2.32 bits per heavy atom. The topological polar surface area (TPSA) is 67.2 Å². The van der Waals surface area contributed by atoms with Crippen LogP contribution in [0.25, 0.3) is 5.69 Å². The van der Waals surface area contributed by atoms with E-state index in [0.717, 1.165) is 24.1 Å². The molecule has 0 spiro atoms. The average Bonchev–Trinajstić information content (AvgIpc) is 3.21. The van der Waals surface area contributed by atoms with E-state index in [1.54, 1.807) is 12.5 Å². The second kappa shape index (κ2) is 8.17. The van der Waals surface area contributed by atoms with Crippen molar-refractivity contribution in [3.05, 3.63) is 48.5 Å². The van der Waals surface area contributed by atoms with Gasteiger partial charge in [-0.3, -0.25) is 9.59 Å². The molecule has 6 heteroatoms. The van der Waals surface area contributed by atoms with Gasteiger partial charge in [0.05, 0.1) is 12.4 Å². The molecule has 2 heterocycles. The van der Waals surface area contributed by atoms with Crippen LogP contribution in [0.2, 0.25) is 0 Å². The Kier molecular flexibility index (Phi) is 5.87. The van der Waals surface area contributed by atoms with Crippen molar-refractivity contribution in [1.29, 1.82) is 0 Å². The van der Waals surface area contributed by atoms with Crippen LogP contribution in [0.15, 0.2) is 43.0 Å². The zero-order chi connectivity index (χ0) is 20.3. The lowest BCUT2D eigenvalue weighted by atomic mass is 9.90. The fourth-order valence-electron chi connectivity index (χ4n) is 3.58. The van der Waals surface area contributed by atoms with E-state index < -0.39 is 0 Å². The van der Waals surface area contributed by atoms with Gasteiger partial charge in [0, 0.05) is 42.5 Å². The third kappa shape index (κ3) is 4.61. The molecular formula is C22H30N4O2. The molecule has 0 saturated carbocycles. The highest BCUT2D eigenvalue weighted by molar-refractivity contribution is 5.83. The molecule has 150 valence electrons. The Bertz CT molecular complexity index is 798. The summed E-state index contributed by atoms with van der Waals surface area (Å²) in [5, 5.41) is 3.13. The first-order valence-corrected chi connectivity index (χ1v) is 9.94. The number of hydrogen-bond acceptors (Lipinski definition) is 3. The van der Waals surface area contributed by atoms with Gasteiger partial charge in [-0.1, -0.05) is 32.9 Å². The lowest BCUT2D eigenvalue weighted by molar-refractivity contribution is -0.142. The second-order valence-electron chi connectivity index (χ2n) is 8.61. The number of rotatable bonds is 4. The molecular weight excluding hydrogens is 352 g/mol. The third-order valence-electron chi connectivity index (χ3n) is 5.35. The van der Waals surface area contributed by atoms with Crippen molar-refractivity contribution < 1.29 is 9.59 Å². The normalized spacial score (nSPS) is 16.6. The lowest BCUT2D eigenvalue weighted by Crippen LogP contribution is -2.46. The molecule has 1 aliphatic rings. The van der Waals surface area contributed by atoms with Crippen LogP contribution < -0.4 is 5.32 Å². The predicted molar refractivity (Wildman–Crippen MR) is 109 cm³/mol. The number of aromatic nitrogens is 2. The van der Waals surface area contributed by atoms with Crippen molar-refractivity contribution in [3.63, 3.8) is 0 Å². The van der Waals surface area contributed by atoms with E-state index in [9.17, 15) is 9.59 Å². The molecule has 1 aromatic heterocycles. The molecule has 1 aliphatic heterocycles. The van der Waals surface area contributed by atoms with Crippen molar-refractivity contribution in [2.24, 2.45) is 11.3 Å². The lowest BCUT2D eigenvalue weighted by Gasteiger charge is -2.35. The summed E-state index contributed by atoms with van der Waals surface area (Å²) < 4.78 is 1.94. The fourth-order valence-corrected chi connectivity index (χ4v) is 3.58. The second-order valence-corrected chi connectivity index (χ2v) is 8.61. The molecule has 0 unspecified atom stereocenters. The van der Waals surface area contributed by atoms with Crippen LogP contribution in [-0.4, -0.2) is 39.4 Å². The molecule has 1 aromatic carbocycles. The summed E-state index contributed by atoms with van der Waals surface area (Å²) in [6.45, 7) is 9.13. The number of benzene rings is 1. The van der Waals surface area contributed by atoms with Gasteiger partial charge in [0.15, 0.2) is 0 Å². The van der Waals surface area contributed by atoms with E-state index in [-0.39, 0.29) is 29.2 Å². The molecule has 6 nitrogen and oxygen atoms in total. The maximum atomic E-state index is 12.7. The number of nitrogens with one attached hydrogen (secondary N) is 1. The maximum Gasteiger partial charge on any atom is 0.227 e. The van der Waals surface area contributed by atoms with Gasteiger partial charge in [-0.15, -0.1) is 0 Å². The summed E-state index contributed by atoms with van der Waals surface area (Å²) in [7, 11) is 0. The molecule has 1 fully saturated rings. The zero-order valence-electron chi connectivity index (χ0n) is 17.2. The van der Waals surface area contributed by atoms with E-state index in [4.69, 9.17) is 0 Å². The van der Waals surface area contributed by atoms with Crippen molar-refractivity contribution in [1.82, 2.24) is 19.8 Å². The monoisotopic (exact) mass is 382 g/mol. The van der Waals surface area contributed by atoms with E-state index in [2.05, 4.69) is 10.3 Å². The minimum absolute atomic E-state index is 0.0308. The Morgan fingerprint density at radius 1 is 1.14 bits per heavy atom. The van der Waals surface area contributed by atoms with Crippen LogP contribution in [0, 0.1) is 11.3 Å². The van der Waals surface area contributed by atoms with E-state index in [1.165, 1.54) is 0 Å². The maximum absolute atomic E-state index is 12.7. The highest BCUT2D eigenvalue weighted by Gasteiger charge is 2.32. The number of piperidine rings is 1. The molecule has 3 rings (SSSR count). The number of carbonyl (C=O) groups is 2. The van der Waals surface area contributed by atoms with Crippen molar-refractivity contribution in [3.8, 4) is 5.69 Å². The first kappa shape index (κ1) is 20.1. The zero-order valence-corrected chi connectivity index (χ0v) is 17.2. The van der Waals surface area contributed by atoms with Crippen LogP contribution in [0.5, 0.6) is 0 Å². The molecule has 1 N–H and O–H groups in total. The summed E-state index contributed by atoms with van der Waals surface area (Å²) in [5.41, 5.74) is 1.74. The Labute approximate surface area is 166 Å². The van der Waals surface area contributed by atoms with Crippen molar-refractivity contribution in [2.75, 3.05) is 13.1 Å². The van der Waals surface area contributed by atoms with Crippen molar-refractivity contribution in [2.45, 2.75) is 46.6 Å². The standard InChI is InChI=1S/C22H30N4O2/c1-16(17-5-7-19(8-6-17)26-14-11-23-15-26)24-20(27)18-9-12-25(13-10-18)21(28)22(2,3)4/h5-8,11,14-16,18H,9-10,12-13H2,1-4H3,(H,24,27)/t16-/m0/s1. The van der Waals surface area contributed by atoms with Crippen LogP contribution in [0.3, 0.4) is 0 Å². The minimum atomic E-state index is -0.369. The Morgan fingerprint density at radius 2 is 1.79 bits per heavy atom. The third-order valence-corrected chi connectivity index (χ3v) is 5.35. The van der Waals surface area contributed by atoms with Gasteiger partial charge in [0.1, 0.15) is 0 Å². The quantitative estimate of drug-likeness (QED) is 0.882. The fraction of sp³-hybridized carbons (Fsp3) is 0.500. The van der Waals surface area contributed by atoms with Gasteiger partial charge in [-0.2, -0.15) is 0 Å². The highest BCUT2D eigenvalue weighted by Crippen LogP contribution is 2.24. The SMILES string of the molecule is C[C@H](NC(=O)C1CCN(C(=O)C(C)(C)C)CC1)c1ccc(-n2ccnc2)cc1. The van der Waals surface area contributed by atoms with E-state index >= 15 is 0 Å². The van der Waals surface area contributed by atoms with Gasteiger partial charge < -0.3 is 14.8 Å². The average molecular weight is 383 g/mol. The molecule has 0 radical (unpaired) electrons. The van der Waals surface area contributed by atoms with E-state index in [0.29, 0.717) is 13.1 Å². The number of imidazole rings is 1. The number of likely N-dealkylation sites (tertiary alicyclic amines) is 1. The van der Waals surface area contributed by atoms with E-state index in [1.807, 2.05) is 67.6 Å². The Balaban J connectivity index is 1.53. The van der Waals surface area contributed by atoms with Gasteiger partial charge in [0.2, 0.25) is 11.8 Å². The molecule has 0 bridgehead atoms. The molecule has 0 aliphatic carbocycles. The summed E-state index contributed by atoms with van der Waals surface area (Å²) in [4.78, 5) is 31.0. The van der Waals surface area contributed by atoms with Gasteiger partial charge in [-0.05, 0) is 37.5 Å². The smallest absolute Gasteiger partial charge is 0.227 e. The predicted octanol–water partition coefficient (Wildman–Crippen LogP) is 3.33. The van der Waals surface area contributed by atoms with Crippen LogP contribution in [0.4, 0.5) is 0 Å². The number of amides is 2. The van der Waals surface area contributed by atoms with Crippen molar-refractivity contribution >= 4 is 11.8 Å². The van der Waals surface area contributed by atoms with Gasteiger partial charge >= 0.3 is 0 Å². The Hall–Kier alpha value is -2.63. The molecule has 1 saturated heterocycles. The van der Waals surface area contributed by atoms with Gasteiger partial charge in [0.25, 0.3) is 0 Å². The summed E-state index contributed by atoms with van der Waals surface area (Å²) in [6.07, 6.45) is 6.85. The largest absolute Gasteiger partial charge is 0.349 e. The summed E-state index contributed by atoms with van der Waals surface area (Å²) in [6, 6.07) is 8.06. The molecule has 2 amide bonds. The number of nitrogens with zero attached hydrogens (tertiary/aromatic N) is 3. The minimum Gasteiger partial charge on any atom is -0.349 e. The highest BCUT2D eigenvalue weighted by atomic mass is 16.2. The van der Waals surface area contributed by atoms with Gasteiger partial charge in [-0.25, -0.2) is 4.98 Å². The first-order valence-electron chi connectivity index (χ1n) is 9.94. The number of hydrogen-bond donors (Lipinski definition) is 1. The molecule has 28 heavy (non-hydrogen) atoms. The van der Waals surface area contributed by atoms with Crippen LogP contribution in [0.1, 0.15) is 52.1 Å². The van der Waals surface area contributed by atoms with Crippen LogP contribution in [-0.2, 0) is 9.59 Å². The summed E-state index contributed by atoms with van der Waals surface area (Å²) in [5.74, 6) is 0.212. The first-order chi connectivity index (χ1) is 13.3. The molecule has 2 aromatic rings.